The molecule has 0 radical (unpaired) electrons. The third kappa shape index (κ3) is 2.71. The molecule has 1 heterocycles. The molecule has 1 aromatic rings. The Morgan fingerprint density at radius 1 is 1.35 bits per heavy atom. The molecule has 0 amide bonds. The van der Waals surface area contributed by atoms with Crippen molar-refractivity contribution < 1.29 is 0 Å². The Kier molecular flexibility index (Phi) is 3.60. The molecule has 1 aliphatic rings. The summed E-state index contributed by atoms with van der Waals surface area (Å²) in [6, 6.07) is 0.716. The Hall–Kier alpha value is -0.410. The number of hydrogen-bond donors (Lipinski definition) is 1. The minimum atomic E-state index is 0.0406. The van der Waals surface area contributed by atoms with Gasteiger partial charge in [0.15, 0.2) is 0 Å². The lowest BCUT2D eigenvalue weighted by molar-refractivity contribution is 0.261. The fraction of sp³-hybridized carbons (Fsp3) is 0.786. The molecule has 17 heavy (non-hydrogen) atoms. The molecule has 1 aromatic heterocycles. The van der Waals surface area contributed by atoms with E-state index < -0.39 is 0 Å². The molecule has 1 fully saturated rings. The summed E-state index contributed by atoms with van der Waals surface area (Å²) in [6.45, 7) is 11.3. The molecule has 2 rings (SSSR count). The Morgan fingerprint density at radius 3 is 2.41 bits per heavy atom. The summed E-state index contributed by atoms with van der Waals surface area (Å²) in [5.74, 6) is 1.09. The standard InChI is InChI=1S/C14H24N2S/c1-9(2)12-8-17-13(15-12)14(5,10(3)4)16-11-6-7-11/h8-11,16H,6-7H2,1-5H3. The second kappa shape index (κ2) is 4.69. The smallest absolute Gasteiger partial charge is 0.113 e. The van der Waals surface area contributed by atoms with Crippen molar-refractivity contribution in [3.8, 4) is 0 Å². The van der Waals surface area contributed by atoms with E-state index >= 15 is 0 Å². The predicted octanol–water partition coefficient (Wildman–Crippen LogP) is 3.89. The molecule has 1 saturated carbocycles. The molecular formula is C14H24N2S. The van der Waals surface area contributed by atoms with Gasteiger partial charge in [-0.2, -0.15) is 0 Å². The van der Waals surface area contributed by atoms with E-state index in [1.165, 1.54) is 23.5 Å². The Morgan fingerprint density at radius 2 is 2.00 bits per heavy atom. The van der Waals surface area contributed by atoms with E-state index in [4.69, 9.17) is 4.98 Å². The van der Waals surface area contributed by atoms with Crippen LogP contribution in [0.15, 0.2) is 5.38 Å². The predicted molar refractivity (Wildman–Crippen MR) is 74.6 cm³/mol. The summed E-state index contributed by atoms with van der Waals surface area (Å²) >= 11 is 1.81. The lowest BCUT2D eigenvalue weighted by Crippen LogP contribution is -2.45. The quantitative estimate of drug-likeness (QED) is 0.860. The van der Waals surface area contributed by atoms with Crippen LogP contribution in [0.25, 0.3) is 0 Å². The minimum absolute atomic E-state index is 0.0406. The fourth-order valence-corrected chi connectivity index (χ4v) is 3.17. The van der Waals surface area contributed by atoms with Gasteiger partial charge in [0, 0.05) is 11.4 Å². The van der Waals surface area contributed by atoms with Gasteiger partial charge < -0.3 is 5.32 Å². The molecule has 1 unspecified atom stereocenters. The monoisotopic (exact) mass is 252 g/mol. The highest BCUT2D eigenvalue weighted by atomic mass is 32.1. The highest BCUT2D eigenvalue weighted by molar-refractivity contribution is 7.09. The number of nitrogens with zero attached hydrogens (tertiary/aromatic N) is 1. The van der Waals surface area contributed by atoms with Crippen molar-refractivity contribution in [2.24, 2.45) is 5.92 Å². The van der Waals surface area contributed by atoms with Gasteiger partial charge in [0.2, 0.25) is 0 Å². The van der Waals surface area contributed by atoms with Gasteiger partial charge in [-0.1, -0.05) is 27.7 Å². The van der Waals surface area contributed by atoms with E-state index in [1.54, 1.807) is 0 Å². The van der Waals surface area contributed by atoms with Crippen LogP contribution in [0.1, 0.15) is 64.1 Å². The van der Waals surface area contributed by atoms with E-state index in [0.717, 1.165) is 0 Å². The molecule has 0 aliphatic heterocycles. The van der Waals surface area contributed by atoms with Crippen LogP contribution in [0.4, 0.5) is 0 Å². The fourth-order valence-electron chi connectivity index (χ4n) is 1.92. The van der Waals surface area contributed by atoms with Crippen molar-refractivity contribution in [1.29, 1.82) is 0 Å². The number of aromatic nitrogens is 1. The third-order valence-corrected chi connectivity index (χ3v) is 4.89. The summed E-state index contributed by atoms with van der Waals surface area (Å²) in [5, 5.41) is 7.25. The van der Waals surface area contributed by atoms with Crippen LogP contribution in [-0.2, 0) is 5.54 Å². The first kappa shape index (κ1) is 13.0. The molecule has 0 spiro atoms. The van der Waals surface area contributed by atoms with Gasteiger partial charge in [-0.3, -0.25) is 0 Å². The van der Waals surface area contributed by atoms with E-state index in [0.29, 0.717) is 17.9 Å². The number of thiazole rings is 1. The molecule has 1 N–H and O–H groups in total. The van der Waals surface area contributed by atoms with Crippen LogP contribution < -0.4 is 5.32 Å². The molecule has 0 saturated heterocycles. The van der Waals surface area contributed by atoms with E-state index in [9.17, 15) is 0 Å². The normalized spacial score (nSPS) is 19.9. The SMILES string of the molecule is CC(C)c1csc(C(C)(NC2CC2)C(C)C)n1. The molecule has 2 nitrogen and oxygen atoms in total. The van der Waals surface area contributed by atoms with Crippen molar-refractivity contribution in [3.05, 3.63) is 16.1 Å². The van der Waals surface area contributed by atoms with Crippen LogP contribution >= 0.6 is 11.3 Å². The van der Waals surface area contributed by atoms with Crippen molar-refractivity contribution in [2.75, 3.05) is 0 Å². The Labute approximate surface area is 109 Å². The lowest BCUT2D eigenvalue weighted by atomic mass is 9.89. The molecular weight excluding hydrogens is 228 g/mol. The minimum Gasteiger partial charge on any atom is -0.303 e. The average Bonchev–Trinajstić information content (AvgIpc) is 2.91. The number of nitrogens with one attached hydrogen (secondary N) is 1. The molecule has 0 aromatic carbocycles. The number of hydrogen-bond acceptors (Lipinski definition) is 3. The first-order valence-electron chi connectivity index (χ1n) is 6.67. The van der Waals surface area contributed by atoms with Gasteiger partial charge >= 0.3 is 0 Å². The van der Waals surface area contributed by atoms with Crippen LogP contribution in [0, 0.1) is 5.92 Å². The van der Waals surface area contributed by atoms with Gasteiger partial charge in [0.05, 0.1) is 11.2 Å². The topological polar surface area (TPSA) is 24.9 Å². The van der Waals surface area contributed by atoms with Gasteiger partial charge in [0.25, 0.3) is 0 Å². The van der Waals surface area contributed by atoms with E-state index in [2.05, 4.69) is 45.3 Å². The second-order valence-corrected chi connectivity index (χ2v) is 6.87. The molecule has 1 atom stereocenters. The zero-order valence-electron chi connectivity index (χ0n) is 11.6. The van der Waals surface area contributed by atoms with Crippen molar-refractivity contribution in [1.82, 2.24) is 10.3 Å². The average molecular weight is 252 g/mol. The summed E-state index contributed by atoms with van der Waals surface area (Å²) in [7, 11) is 0. The maximum Gasteiger partial charge on any atom is 0.113 e. The summed E-state index contributed by atoms with van der Waals surface area (Å²) in [4.78, 5) is 4.84. The summed E-state index contributed by atoms with van der Waals surface area (Å²) < 4.78 is 0. The number of rotatable bonds is 5. The molecule has 3 heteroatoms. The molecule has 1 aliphatic carbocycles. The van der Waals surface area contributed by atoms with Gasteiger partial charge in [-0.25, -0.2) is 4.98 Å². The zero-order valence-corrected chi connectivity index (χ0v) is 12.4. The van der Waals surface area contributed by atoms with Gasteiger partial charge in [-0.05, 0) is 31.6 Å². The van der Waals surface area contributed by atoms with Crippen LogP contribution in [-0.4, -0.2) is 11.0 Å². The maximum atomic E-state index is 4.84. The third-order valence-electron chi connectivity index (χ3n) is 3.79. The van der Waals surface area contributed by atoms with E-state index in [-0.39, 0.29) is 5.54 Å². The summed E-state index contributed by atoms with van der Waals surface area (Å²) in [6.07, 6.45) is 2.65. The Bertz CT molecular complexity index is 379. The first-order chi connectivity index (χ1) is 7.93. The summed E-state index contributed by atoms with van der Waals surface area (Å²) in [5.41, 5.74) is 1.27. The van der Waals surface area contributed by atoms with Crippen molar-refractivity contribution >= 4 is 11.3 Å². The Balaban J connectivity index is 2.24. The van der Waals surface area contributed by atoms with Gasteiger partial charge in [0.1, 0.15) is 5.01 Å². The van der Waals surface area contributed by atoms with E-state index in [1.807, 2.05) is 11.3 Å². The van der Waals surface area contributed by atoms with Crippen LogP contribution in [0.5, 0.6) is 0 Å². The lowest BCUT2D eigenvalue weighted by Gasteiger charge is -2.33. The largest absolute Gasteiger partial charge is 0.303 e. The van der Waals surface area contributed by atoms with Gasteiger partial charge in [-0.15, -0.1) is 11.3 Å². The highest BCUT2D eigenvalue weighted by Crippen LogP contribution is 2.36. The molecule has 96 valence electrons. The van der Waals surface area contributed by atoms with Crippen LogP contribution in [0.2, 0.25) is 0 Å². The first-order valence-corrected chi connectivity index (χ1v) is 7.55. The molecule has 0 bridgehead atoms. The zero-order chi connectivity index (χ0) is 12.6. The highest BCUT2D eigenvalue weighted by Gasteiger charge is 2.38. The van der Waals surface area contributed by atoms with Crippen molar-refractivity contribution in [3.63, 3.8) is 0 Å². The maximum absolute atomic E-state index is 4.84. The van der Waals surface area contributed by atoms with Crippen molar-refractivity contribution in [2.45, 2.75) is 65.0 Å². The second-order valence-electron chi connectivity index (χ2n) is 6.01. The van der Waals surface area contributed by atoms with Crippen LogP contribution in [0.3, 0.4) is 0 Å².